The van der Waals surface area contributed by atoms with Crippen LogP contribution in [0.25, 0.3) is 0 Å². The van der Waals surface area contributed by atoms with Crippen molar-refractivity contribution in [3.05, 3.63) is 60.8 Å². The van der Waals surface area contributed by atoms with Crippen molar-refractivity contribution in [3.63, 3.8) is 0 Å². The summed E-state index contributed by atoms with van der Waals surface area (Å²) in [6, 6.07) is -0.927. The van der Waals surface area contributed by atoms with E-state index in [0.717, 1.165) is 44.9 Å². The van der Waals surface area contributed by atoms with E-state index in [2.05, 4.69) is 55.6 Å². The fourth-order valence-corrected chi connectivity index (χ4v) is 8.65. The number of unbranched alkanes of at least 4 members (excludes halogenated alkanes) is 29. The number of hydrogen-bond acceptors (Lipinski definition) is 6. The number of allylic oxidation sites excluding steroid dienone is 9. The molecule has 0 heterocycles. The van der Waals surface area contributed by atoms with Gasteiger partial charge in [0, 0.05) is 6.42 Å². The second-order valence-corrected chi connectivity index (χ2v) is 21.3. The molecule has 0 aliphatic carbocycles. The number of nitrogens with one attached hydrogen (secondary N) is 1. The summed E-state index contributed by atoms with van der Waals surface area (Å²) in [7, 11) is 1.22. The van der Waals surface area contributed by atoms with E-state index in [-0.39, 0.29) is 18.9 Å². The Balaban J connectivity index is 4.13. The molecule has 2 N–H and O–H groups in total. The predicted octanol–water partition coefficient (Wildman–Crippen LogP) is 15.9. The van der Waals surface area contributed by atoms with Crippen molar-refractivity contribution < 1.29 is 32.9 Å². The van der Waals surface area contributed by atoms with Crippen molar-refractivity contribution in [2.24, 2.45) is 0 Å². The molecule has 1 amide bonds. The van der Waals surface area contributed by atoms with Gasteiger partial charge in [0.25, 0.3) is 7.82 Å². The van der Waals surface area contributed by atoms with Gasteiger partial charge in [-0.05, 0) is 44.9 Å². The Bertz CT molecular complexity index is 1260. The van der Waals surface area contributed by atoms with E-state index in [0.29, 0.717) is 17.4 Å². The molecule has 0 saturated carbocycles. The lowest BCUT2D eigenvalue weighted by atomic mass is 10.0. The Labute approximate surface area is 409 Å². The van der Waals surface area contributed by atoms with E-state index in [1.54, 1.807) is 6.08 Å². The number of aliphatic hydroxyl groups is 1. The molecule has 0 radical (unpaired) electrons. The van der Waals surface area contributed by atoms with Gasteiger partial charge < -0.3 is 28.8 Å². The third kappa shape index (κ3) is 50.1. The van der Waals surface area contributed by atoms with Crippen LogP contribution < -0.4 is 10.2 Å². The summed E-state index contributed by atoms with van der Waals surface area (Å²) in [6.07, 6.45) is 64.8. The number of nitrogens with zero attached hydrogens (tertiary/aromatic N) is 1. The van der Waals surface area contributed by atoms with Gasteiger partial charge in [0.05, 0.1) is 39.9 Å². The Morgan fingerprint density at radius 3 is 1.32 bits per heavy atom. The molecule has 0 aromatic heterocycles. The standard InChI is InChI=1S/C57H107N2O6P/c1-6-8-10-12-14-16-18-20-21-22-23-24-25-26-27-28-29-30-31-32-33-34-35-36-37-39-40-42-44-46-48-50-56(60)55(54-65-66(62,63)64-53-52-59(3,4)5)58-57(61)51-49-47-45-43-41-38-19-17-15-13-11-9-7-2/h9,11,15,17,38,41,45,47-48,50,55-56,60H,6-8,10,12-14,16,18-37,39-40,42-44,46,49,51-54H2,1-5H3,(H-,58,61,62,63)/b11-9-,17-15-,41-38-,47-45-,50-48+. The lowest BCUT2D eigenvalue weighted by Gasteiger charge is -2.29. The van der Waals surface area contributed by atoms with Crippen LogP contribution in [0.1, 0.15) is 245 Å². The minimum atomic E-state index is -4.61. The number of phosphoric ester groups is 1. The number of rotatable bonds is 50. The highest BCUT2D eigenvalue weighted by Gasteiger charge is 2.23. The summed E-state index contributed by atoms with van der Waals surface area (Å²) in [5.74, 6) is -0.277. The number of hydrogen-bond donors (Lipinski definition) is 2. The number of aliphatic hydroxyl groups excluding tert-OH is 1. The van der Waals surface area contributed by atoms with Gasteiger partial charge in [0.2, 0.25) is 5.91 Å². The normalized spacial score (nSPS) is 14.5. The summed E-state index contributed by atoms with van der Waals surface area (Å²) >= 11 is 0. The highest BCUT2D eigenvalue weighted by molar-refractivity contribution is 7.45. The van der Waals surface area contributed by atoms with Gasteiger partial charge in [0.1, 0.15) is 13.2 Å². The van der Waals surface area contributed by atoms with Gasteiger partial charge in [-0.15, -0.1) is 0 Å². The number of carbonyl (C=O) groups excluding carboxylic acids is 1. The summed E-state index contributed by atoms with van der Waals surface area (Å²) in [5, 5.41) is 13.8. The van der Waals surface area contributed by atoms with Gasteiger partial charge >= 0.3 is 0 Å². The van der Waals surface area contributed by atoms with E-state index >= 15 is 0 Å². The fraction of sp³-hybridized carbons (Fsp3) is 0.807. The van der Waals surface area contributed by atoms with Crippen molar-refractivity contribution in [2.75, 3.05) is 40.9 Å². The van der Waals surface area contributed by atoms with Crippen molar-refractivity contribution in [3.8, 4) is 0 Å². The number of phosphoric acid groups is 1. The quantitative estimate of drug-likeness (QED) is 0.0272. The largest absolute Gasteiger partial charge is 0.756 e. The first kappa shape index (κ1) is 64.2. The monoisotopic (exact) mass is 947 g/mol. The van der Waals surface area contributed by atoms with Crippen LogP contribution in [0.2, 0.25) is 0 Å². The summed E-state index contributed by atoms with van der Waals surface area (Å²) < 4.78 is 23.2. The minimum absolute atomic E-state index is 0.0156. The molecule has 9 heteroatoms. The molecule has 386 valence electrons. The number of likely N-dealkylation sites (N-methyl/N-ethyl adjacent to an activating group) is 1. The highest BCUT2D eigenvalue weighted by Crippen LogP contribution is 2.38. The number of carbonyl (C=O) groups is 1. The van der Waals surface area contributed by atoms with E-state index in [1.807, 2.05) is 39.4 Å². The van der Waals surface area contributed by atoms with Crippen molar-refractivity contribution >= 4 is 13.7 Å². The Morgan fingerprint density at radius 2 is 0.924 bits per heavy atom. The van der Waals surface area contributed by atoms with Gasteiger partial charge in [-0.2, -0.15) is 0 Å². The zero-order valence-electron chi connectivity index (χ0n) is 43.9. The molecule has 0 saturated heterocycles. The van der Waals surface area contributed by atoms with Crippen LogP contribution in [-0.2, 0) is 18.4 Å². The van der Waals surface area contributed by atoms with Crippen molar-refractivity contribution in [2.45, 2.75) is 257 Å². The molecule has 0 aliphatic heterocycles. The number of amides is 1. The molecular formula is C57H107N2O6P. The number of quaternary nitrogens is 1. The molecule has 3 unspecified atom stereocenters. The van der Waals surface area contributed by atoms with E-state index < -0.39 is 26.6 Å². The predicted molar refractivity (Wildman–Crippen MR) is 284 cm³/mol. The van der Waals surface area contributed by atoms with Crippen LogP contribution in [0.15, 0.2) is 60.8 Å². The van der Waals surface area contributed by atoms with Gasteiger partial charge in [-0.3, -0.25) is 9.36 Å². The van der Waals surface area contributed by atoms with E-state index in [4.69, 9.17) is 9.05 Å². The molecular weight excluding hydrogens is 840 g/mol. The maximum absolute atomic E-state index is 12.8. The molecule has 0 fully saturated rings. The second kappa shape index (κ2) is 48.2. The van der Waals surface area contributed by atoms with Gasteiger partial charge in [-0.1, -0.05) is 254 Å². The van der Waals surface area contributed by atoms with Gasteiger partial charge in [-0.25, -0.2) is 0 Å². The molecule has 0 spiro atoms. The smallest absolute Gasteiger partial charge is 0.268 e. The van der Waals surface area contributed by atoms with E-state index in [1.165, 1.54) is 173 Å². The van der Waals surface area contributed by atoms with Crippen molar-refractivity contribution in [1.82, 2.24) is 5.32 Å². The molecule has 66 heavy (non-hydrogen) atoms. The summed E-state index contributed by atoms with van der Waals surface area (Å²) in [5.41, 5.74) is 0. The Kier molecular flexibility index (Phi) is 46.9. The fourth-order valence-electron chi connectivity index (χ4n) is 7.93. The summed E-state index contributed by atoms with van der Waals surface area (Å²) in [4.78, 5) is 25.3. The molecule has 0 bridgehead atoms. The van der Waals surface area contributed by atoms with Crippen LogP contribution in [0.4, 0.5) is 0 Å². The first-order valence-corrected chi connectivity index (χ1v) is 29.1. The third-order valence-electron chi connectivity index (χ3n) is 12.2. The van der Waals surface area contributed by atoms with Crippen LogP contribution >= 0.6 is 7.82 Å². The third-order valence-corrected chi connectivity index (χ3v) is 13.2. The first-order valence-electron chi connectivity index (χ1n) is 27.7. The zero-order valence-corrected chi connectivity index (χ0v) is 44.8. The molecule has 0 aromatic rings. The van der Waals surface area contributed by atoms with Crippen LogP contribution in [0.5, 0.6) is 0 Å². The van der Waals surface area contributed by atoms with Crippen molar-refractivity contribution in [1.29, 1.82) is 0 Å². The summed E-state index contributed by atoms with van der Waals surface area (Å²) in [6.45, 7) is 4.48. The Morgan fingerprint density at radius 1 is 0.545 bits per heavy atom. The first-order chi connectivity index (χ1) is 32.0. The lowest BCUT2D eigenvalue weighted by Crippen LogP contribution is -2.45. The molecule has 8 nitrogen and oxygen atoms in total. The Hall–Kier alpha value is -1.80. The SMILES string of the molecule is CC/C=C\C/C=C\C/C=C\C/C=C\CCC(=O)NC(COP(=O)([O-])OCC[N+](C)(C)C)C(O)/C=C/CCCCCCCCCCCCCCCCCCCCCCCCCCCCCCC. The van der Waals surface area contributed by atoms with Crippen LogP contribution in [0, 0.1) is 0 Å². The molecule has 0 rings (SSSR count). The average molecular weight is 947 g/mol. The van der Waals surface area contributed by atoms with Gasteiger partial charge in [0.15, 0.2) is 0 Å². The average Bonchev–Trinajstić information content (AvgIpc) is 3.28. The topological polar surface area (TPSA) is 108 Å². The molecule has 0 aromatic carbocycles. The second-order valence-electron chi connectivity index (χ2n) is 19.9. The molecule has 3 atom stereocenters. The zero-order chi connectivity index (χ0) is 48.5. The maximum atomic E-state index is 12.8. The highest BCUT2D eigenvalue weighted by atomic mass is 31.2. The lowest BCUT2D eigenvalue weighted by molar-refractivity contribution is -0.870. The minimum Gasteiger partial charge on any atom is -0.756 e. The van der Waals surface area contributed by atoms with E-state index in [9.17, 15) is 19.4 Å². The van der Waals surface area contributed by atoms with Crippen LogP contribution in [-0.4, -0.2) is 68.5 Å². The van der Waals surface area contributed by atoms with Crippen LogP contribution in [0.3, 0.4) is 0 Å². The molecule has 0 aliphatic rings. The maximum Gasteiger partial charge on any atom is 0.268 e.